The van der Waals surface area contributed by atoms with Crippen LogP contribution in [0.2, 0.25) is 0 Å². The maximum Gasteiger partial charge on any atom is 0.314 e. The van der Waals surface area contributed by atoms with Gasteiger partial charge in [-0.15, -0.1) is 0 Å². The molecule has 0 unspecified atom stereocenters. The van der Waals surface area contributed by atoms with Crippen LogP contribution in [-0.2, 0) is 4.79 Å². The number of hydrogen-bond donors (Lipinski definition) is 2. The highest BCUT2D eigenvalue weighted by Gasteiger charge is 2.35. The van der Waals surface area contributed by atoms with Crippen LogP contribution < -0.4 is 15.4 Å². The highest BCUT2D eigenvalue weighted by molar-refractivity contribution is 5.82. The molecule has 120 valence electrons. The summed E-state index contributed by atoms with van der Waals surface area (Å²) in [7, 11) is 1.57. The summed E-state index contributed by atoms with van der Waals surface area (Å²) < 4.78 is 5.86. The predicted octanol–water partition coefficient (Wildman–Crippen LogP) is 1.29. The van der Waals surface area contributed by atoms with Gasteiger partial charge < -0.3 is 20.3 Å². The molecule has 2 N–H and O–H groups in total. The molecule has 6 nitrogen and oxygen atoms in total. The quantitative estimate of drug-likeness (QED) is 0.861. The van der Waals surface area contributed by atoms with Crippen LogP contribution in [0.5, 0.6) is 5.75 Å². The van der Waals surface area contributed by atoms with Gasteiger partial charge >= 0.3 is 6.03 Å². The van der Waals surface area contributed by atoms with Crippen molar-refractivity contribution in [2.45, 2.75) is 32.4 Å². The summed E-state index contributed by atoms with van der Waals surface area (Å²) in [5.41, 5.74) is 1.01. The van der Waals surface area contributed by atoms with E-state index in [-0.39, 0.29) is 18.0 Å². The monoisotopic (exact) mass is 305 g/mol. The van der Waals surface area contributed by atoms with E-state index in [0.717, 1.165) is 11.3 Å². The fourth-order valence-corrected chi connectivity index (χ4v) is 2.36. The van der Waals surface area contributed by atoms with Crippen molar-refractivity contribution < 1.29 is 14.3 Å². The number of amides is 3. The van der Waals surface area contributed by atoms with Crippen LogP contribution in [0.3, 0.4) is 0 Å². The zero-order valence-corrected chi connectivity index (χ0v) is 13.3. The molecule has 6 heteroatoms. The lowest BCUT2D eigenvalue weighted by Gasteiger charge is -2.40. The number of urea groups is 1. The van der Waals surface area contributed by atoms with Gasteiger partial charge in [-0.25, -0.2) is 4.79 Å². The Kier molecular flexibility index (Phi) is 5.25. The Morgan fingerprint density at radius 1 is 1.36 bits per heavy atom. The highest BCUT2D eigenvalue weighted by atomic mass is 16.5. The van der Waals surface area contributed by atoms with E-state index in [1.54, 1.807) is 11.9 Å². The summed E-state index contributed by atoms with van der Waals surface area (Å²) >= 11 is 0. The molecule has 1 aliphatic heterocycles. The number of carbonyl (C=O) groups is 2. The molecule has 22 heavy (non-hydrogen) atoms. The van der Waals surface area contributed by atoms with Crippen molar-refractivity contribution in [1.29, 1.82) is 0 Å². The first-order chi connectivity index (χ1) is 10.5. The van der Waals surface area contributed by atoms with E-state index in [0.29, 0.717) is 19.5 Å². The third kappa shape index (κ3) is 3.69. The molecule has 1 aliphatic rings. The van der Waals surface area contributed by atoms with Crippen molar-refractivity contribution in [1.82, 2.24) is 15.5 Å². The second-order valence-corrected chi connectivity index (χ2v) is 5.44. The molecule has 3 amide bonds. The van der Waals surface area contributed by atoms with E-state index < -0.39 is 6.10 Å². The van der Waals surface area contributed by atoms with Gasteiger partial charge in [0, 0.05) is 20.1 Å². The SMILES string of the molecule is CC[C@@H](Oc1ccccc1C)C(=O)N1CC(NC(=O)NC)C1. The minimum Gasteiger partial charge on any atom is -0.480 e. The van der Waals surface area contributed by atoms with E-state index in [1.807, 2.05) is 38.1 Å². The van der Waals surface area contributed by atoms with Crippen LogP contribution in [0.1, 0.15) is 18.9 Å². The third-order valence-corrected chi connectivity index (χ3v) is 3.76. The van der Waals surface area contributed by atoms with Crippen molar-refractivity contribution in [3.63, 3.8) is 0 Å². The van der Waals surface area contributed by atoms with Crippen molar-refractivity contribution in [3.05, 3.63) is 29.8 Å². The van der Waals surface area contributed by atoms with Gasteiger partial charge in [-0.2, -0.15) is 0 Å². The number of benzene rings is 1. The Balaban J connectivity index is 1.88. The fraction of sp³-hybridized carbons (Fsp3) is 0.500. The van der Waals surface area contributed by atoms with Gasteiger partial charge in [0.25, 0.3) is 5.91 Å². The van der Waals surface area contributed by atoms with Crippen LogP contribution >= 0.6 is 0 Å². The number of nitrogens with one attached hydrogen (secondary N) is 2. The maximum atomic E-state index is 12.4. The van der Waals surface area contributed by atoms with Crippen molar-refractivity contribution in [2.24, 2.45) is 0 Å². The third-order valence-electron chi connectivity index (χ3n) is 3.76. The summed E-state index contributed by atoms with van der Waals surface area (Å²) in [5, 5.41) is 5.28. The molecule has 0 radical (unpaired) electrons. The molecule has 1 heterocycles. The molecule has 1 aromatic carbocycles. The van der Waals surface area contributed by atoms with E-state index in [1.165, 1.54) is 0 Å². The van der Waals surface area contributed by atoms with Crippen molar-refractivity contribution >= 4 is 11.9 Å². The molecule has 0 aromatic heterocycles. The number of rotatable bonds is 5. The molecular weight excluding hydrogens is 282 g/mol. The van der Waals surface area contributed by atoms with E-state index in [4.69, 9.17) is 4.74 Å². The number of para-hydroxylation sites is 1. The zero-order valence-electron chi connectivity index (χ0n) is 13.3. The van der Waals surface area contributed by atoms with Gasteiger partial charge in [0.05, 0.1) is 6.04 Å². The first-order valence-electron chi connectivity index (χ1n) is 7.54. The molecular formula is C16H23N3O3. The fourth-order valence-electron chi connectivity index (χ4n) is 2.36. The average molecular weight is 305 g/mol. The summed E-state index contributed by atoms with van der Waals surface area (Å²) in [6, 6.07) is 7.46. The maximum absolute atomic E-state index is 12.4. The normalized spacial score (nSPS) is 15.7. The van der Waals surface area contributed by atoms with Crippen molar-refractivity contribution in [2.75, 3.05) is 20.1 Å². The molecule has 1 fully saturated rings. The standard InChI is InChI=1S/C16H23N3O3/c1-4-13(22-14-8-6-5-7-11(14)2)15(20)19-9-12(10-19)18-16(21)17-3/h5-8,12-13H,4,9-10H2,1-3H3,(H2,17,18,21)/t13-/m1/s1. The number of aryl methyl sites for hydroxylation is 1. The Morgan fingerprint density at radius 3 is 2.64 bits per heavy atom. The molecule has 0 aliphatic carbocycles. The Bertz CT molecular complexity index is 541. The van der Waals surface area contributed by atoms with E-state index in [9.17, 15) is 9.59 Å². The molecule has 1 saturated heterocycles. The van der Waals surface area contributed by atoms with Gasteiger partial charge in [0.15, 0.2) is 6.10 Å². The minimum atomic E-state index is -0.484. The Morgan fingerprint density at radius 2 is 2.05 bits per heavy atom. The van der Waals surface area contributed by atoms with Crippen molar-refractivity contribution in [3.8, 4) is 5.75 Å². The Labute approximate surface area is 130 Å². The van der Waals surface area contributed by atoms with Gasteiger partial charge in [-0.3, -0.25) is 4.79 Å². The number of ether oxygens (including phenoxy) is 1. The molecule has 0 saturated carbocycles. The molecule has 0 bridgehead atoms. The second kappa shape index (κ2) is 7.15. The number of carbonyl (C=O) groups excluding carboxylic acids is 2. The summed E-state index contributed by atoms with van der Waals surface area (Å²) in [6.45, 7) is 4.94. The molecule has 1 atom stereocenters. The summed E-state index contributed by atoms with van der Waals surface area (Å²) in [6.07, 6.45) is 0.124. The molecule has 0 spiro atoms. The first kappa shape index (κ1) is 16.1. The number of nitrogens with zero attached hydrogens (tertiary/aromatic N) is 1. The summed E-state index contributed by atoms with van der Waals surface area (Å²) in [4.78, 5) is 25.4. The van der Waals surface area contributed by atoms with Crippen LogP contribution in [0.15, 0.2) is 24.3 Å². The van der Waals surface area contributed by atoms with Gasteiger partial charge in [-0.1, -0.05) is 25.1 Å². The second-order valence-electron chi connectivity index (χ2n) is 5.44. The Hall–Kier alpha value is -2.24. The number of likely N-dealkylation sites (tertiary alicyclic amines) is 1. The van der Waals surface area contributed by atoms with Gasteiger partial charge in [-0.05, 0) is 25.0 Å². The minimum absolute atomic E-state index is 0.0138. The molecule has 1 aromatic rings. The predicted molar refractivity (Wildman–Crippen MR) is 83.8 cm³/mol. The van der Waals surface area contributed by atoms with Crippen LogP contribution in [0.4, 0.5) is 4.79 Å². The van der Waals surface area contributed by atoms with E-state index in [2.05, 4.69) is 10.6 Å². The lowest BCUT2D eigenvalue weighted by molar-refractivity contribution is -0.143. The van der Waals surface area contributed by atoms with Crippen LogP contribution in [-0.4, -0.2) is 49.1 Å². The topological polar surface area (TPSA) is 70.7 Å². The van der Waals surface area contributed by atoms with Crippen LogP contribution in [0.25, 0.3) is 0 Å². The lowest BCUT2D eigenvalue weighted by Crippen LogP contribution is -2.63. The van der Waals surface area contributed by atoms with Gasteiger partial charge in [0.2, 0.25) is 0 Å². The van der Waals surface area contributed by atoms with Crippen LogP contribution in [0, 0.1) is 6.92 Å². The van der Waals surface area contributed by atoms with Gasteiger partial charge in [0.1, 0.15) is 5.75 Å². The largest absolute Gasteiger partial charge is 0.480 e. The summed E-state index contributed by atoms with van der Waals surface area (Å²) in [5.74, 6) is 0.712. The zero-order chi connectivity index (χ0) is 16.1. The van der Waals surface area contributed by atoms with E-state index >= 15 is 0 Å². The highest BCUT2D eigenvalue weighted by Crippen LogP contribution is 2.21. The first-order valence-corrected chi connectivity index (χ1v) is 7.54. The smallest absolute Gasteiger partial charge is 0.314 e. The molecule has 2 rings (SSSR count). The average Bonchev–Trinajstić information content (AvgIpc) is 2.48. The number of hydrogen-bond acceptors (Lipinski definition) is 3. The lowest BCUT2D eigenvalue weighted by atomic mass is 10.1.